The average molecular weight is 376 g/mol. The third-order valence-electron chi connectivity index (χ3n) is 4.57. The molecule has 1 aliphatic heterocycles. The van der Waals surface area contributed by atoms with Crippen LogP contribution in [0.1, 0.15) is 23.8 Å². The molecule has 3 aromatic rings. The van der Waals surface area contributed by atoms with E-state index in [4.69, 9.17) is 4.98 Å². The molecule has 130 valence electrons. The van der Waals surface area contributed by atoms with Gasteiger partial charge in [0.05, 0.1) is 20.1 Å². The van der Waals surface area contributed by atoms with E-state index in [1.165, 1.54) is 33.3 Å². The zero-order chi connectivity index (χ0) is 17.4. The van der Waals surface area contributed by atoms with Gasteiger partial charge >= 0.3 is 0 Å². The fourth-order valence-corrected chi connectivity index (χ4v) is 5.77. The molecule has 0 aliphatic carbocycles. The van der Waals surface area contributed by atoms with Crippen LogP contribution in [0.2, 0.25) is 0 Å². The minimum Gasteiger partial charge on any atom is -0.241 e. The van der Waals surface area contributed by atoms with Crippen molar-refractivity contribution >= 4 is 31.6 Å². The fraction of sp³-hybridized carbons (Fsp3) is 0.278. The van der Waals surface area contributed by atoms with E-state index in [1.807, 2.05) is 18.2 Å². The van der Waals surface area contributed by atoms with E-state index in [2.05, 4.69) is 6.07 Å². The maximum Gasteiger partial charge on any atom is 0.243 e. The Labute approximate surface area is 150 Å². The van der Waals surface area contributed by atoms with Crippen LogP contribution in [-0.4, -0.2) is 30.8 Å². The van der Waals surface area contributed by atoms with E-state index < -0.39 is 15.8 Å². The average Bonchev–Trinajstić information content (AvgIpc) is 3.06. The van der Waals surface area contributed by atoms with Crippen molar-refractivity contribution in [2.24, 2.45) is 0 Å². The maximum absolute atomic E-state index is 13.0. The highest BCUT2D eigenvalue weighted by Crippen LogP contribution is 2.35. The number of para-hydroxylation sites is 1. The van der Waals surface area contributed by atoms with Gasteiger partial charge in [-0.3, -0.25) is 0 Å². The molecule has 2 heterocycles. The molecule has 4 nitrogen and oxygen atoms in total. The lowest BCUT2D eigenvalue weighted by atomic mass is 9.99. The molecule has 0 atom stereocenters. The van der Waals surface area contributed by atoms with E-state index >= 15 is 0 Å². The van der Waals surface area contributed by atoms with Crippen molar-refractivity contribution in [3.63, 3.8) is 0 Å². The lowest BCUT2D eigenvalue weighted by molar-refractivity contribution is 0.319. The molecular weight excluding hydrogens is 359 g/mol. The predicted octanol–water partition coefficient (Wildman–Crippen LogP) is 4.00. The van der Waals surface area contributed by atoms with E-state index in [1.54, 1.807) is 11.3 Å². The zero-order valence-electron chi connectivity index (χ0n) is 13.4. The molecule has 4 rings (SSSR count). The lowest BCUT2D eigenvalue weighted by Gasteiger charge is -2.30. The van der Waals surface area contributed by atoms with E-state index in [-0.39, 0.29) is 10.8 Å². The number of rotatable bonds is 3. The molecule has 1 fully saturated rings. The molecule has 0 bridgehead atoms. The third kappa shape index (κ3) is 3.19. The van der Waals surface area contributed by atoms with Crippen molar-refractivity contribution in [3.8, 4) is 0 Å². The van der Waals surface area contributed by atoms with Gasteiger partial charge in [-0.1, -0.05) is 12.1 Å². The van der Waals surface area contributed by atoms with E-state index in [0.717, 1.165) is 23.4 Å². The molecule has 0 unspecified atom stereocenters. The first-order valence-corrected chi connectivity index (χ1v) is 10.4. The molecule has 1 aliphatic rings. The summed E-state index contributed by atoms with van der Waals surface area (Å²) in [6.45, 7) is 0.917. The van der Waals surface area contributed by atoms with Crippen LogP contribution in [0.4, 0.5) is 4.39 Å². The number of fused-ring (bicyclic) bond motifs is 1. The summed E-state index contributed by atoms with van der Waals surface area (Å²) in [5.41, 5.74) is 1.00. The van der Waals surface area contributed by atoms with Gasteiger partial charge in [0.2, 0.25) is 10.0 Å². The highest BCUT2D eigenvalue weighted by molar-refractivity contribution is 7.89. The quantitative estimate of drug-likeness (QED) is 0.694. The Morgan fingerprint density at radius 1 is 1.04 bits per heavy atom. The summed E-state index contributed by atoms with van der Waals surface area (Å²) in [6.07, 6.45) is 1.50. The fourth-order valence-electron chi connectivity index (χ4n) is 3.16. The number of benzene rings is 2. The second kappa shape index (κ2) is 6.48. The van der Waals surface area contributed by atoms with Gasteiger partial charge in [0.15, 0.2) is 0 Å². The number of halogens is 1. The molecule has 1 aromatic heterocycles. The topological polar surface area (TPSA) is 50.3 Å². The number of sulfonamides is 1. The van der Waals surface area contributed by atoms with Crippen molar-refractivity contribution in [2.75, 3.05) is 13.1 Å². The van der Waals surface area contributed by atoms with Crippen molar-refractivity contribution < 1.29 is 12.8 Å². The standard InChI is InChI=1S/C18H17FN2O2S2/c19-14-5-7-15(8-6-14)25(22,23)21-11-9-13(10-12-21)18-20-16-3-1-2-4-17(16)24-18/h1-8,13H,9-12H2. The number of nitrogens with zero attached hydrogens (tertiary/aromatic N) is 2. The van der Waals surface area contributed by atoms with Gasteiger partial charge in [0, 0.05) is 19.0 Å². The first-order valence-electron chi connectivity index (χ1n) is 8.15. The van der Waals surface area contributed by atoms with Gasteiger partial charge in [-0.2, -0.15) is 4.31 Å². The van der Waals surface area contributed by atoms with Gasteiger partial charge in [0.25, 0.3) is 0 Å². The van der Waals surface area contributed by atoms with E-state index in [0.29, 0.717) is 13.1 Å². The summed E-state index contributed by atoms with van der Waals surface area (Å²) in [5, 5.41) is 1.08. The minimum absolute atomic E-state index is 0.146. The second-order valence-corrected chi connectivity index (χ2v) is 9.15. The summed E-state index contributed by atoms with van der Waals surface area (Å²) in [7, 11) is -3.56. The molecule has 0 spiro atoms. The SMILES string of the molecule is O=S(=O)(c1ccc(F)cc1)N1CCC(c2nc3ccccc3s2)CC1. The van der Waals surface area contributed by atoms with Crippen LogP contribution in [0.3, 0.4) is 0 Å². The van der Waals surface area contributed by atoms with Crippen LogP contribution in [0.25, 0.3) is 10.2 Å². The molecule has 0 N–H and O–H groups in total. The zero-order valence-corrected chi connectivity index (χ0v) is 15.1. The number of aromatic nitrogens is 1. The first-order chi connectivity index (χ1) is 12.0. The summed E-state index contributed by atoms with van der Waals surface area (Å²) < 4.78 is 41.0. The lowest BCUT2D eigenvalue weighted by Crippen LogP contribution is -2.37. The largest absolute Gasteiger partial charge is 0.243 e. The van der Waals surface area contributed by atoms with Gasteiger partial charge in [-0.25, -0.2) is 17.8 Å². The van der Waals surface area contributed by atoms with E-state index in [9.17, 15) is 12.8 Å². The Morgan fingerprint density at radius 3 is 2.40 bits per heavy atom. The molecular formula is C18H17FN2O2S2. The smallest absolute Gasteiger partial charge is 0.241 e. The van der Waals surface area contributed by atoms with Crippen LogP contribution in [0.15, 0.2) is 53.4 Å². The Bertz CT molecular complexity index is 958. The highest BCUT2D eigenvalue weighted by Gasteiger charge is 2.31. The van der Waals surface area contributed by atoms with Gasteiger partial charge in [-0.05, 0) is 49.2 Å². The molecule has 7 heteroatoms. The second-order valence-electron chi connectivity index (χ2n) is 6.15. The number of thiazole rings is 1. The van der Waals surface area contributed by atoms with Crippen molar-refractivity contribution in [1.29, 1.82) is 0 Å². The number of piperidine rings is 1. The summed E-state index contributed by atoms with van der Waals surface area (Å²) >= 11 is 1.69. The highest BCUT2D eigenvalue weighted by atomic mass is 32.2. The monoisotopic (exact) mass is 376 g/mol. The van der Waals surface area contributed by atoms with Crippen LogP contribution in [0, 0.1) is 5.82 Å². The summed E-state index contributed by atoms with van der Waals surface area (Å²) in [6, 6.07) is 13.1. The molecule has 1 saturated heterocycles. The van der Waals surface area contributed by atoms with Crippen LogP contribution < -0.4 is 0 Å². The van der Waals surface area contributed by atoms with Crippen molar-refractivity contribution in [3.05, 3.63) is 59.4 Å². The number of hydrogen-bond donors (Lipinski definition) is 0. The Kier molecular flexibility index (Phi) is 4.31. The molecule has 25 heavy (non-hydrogen) atoms. The third-order valence-corrected chi connectivity index (χ3v) is 7.68. The van der Waals surface area contributed by atoms with Gasteiger partial charge in [0.1, 0.15) is 5.82 Å². The first kappa shape index (κ1) is 16.6. The van der Waals surface area contributed by atoms with Crippen LogP contribution in [0.5, 0.6) is 0 Å². The minimum atomic E-state index is -3.56. The Morgan fingerprint density at radius 2 is 1.72 bits per heavy atom. The Hall–Kier alpha value is -1.83. The molecule has 0 saturated carbocycles. The summed E-state index contributed by atoms with van der Waals surface area (Å²) in [5.74, 6) is -0.148. The van der Waals surface area contributed by atoms with Crippen molar-refractivity contribution in [1.82, 2.24) is 9.29 Å². The van der Waals surface area contributed by atoms with Gasteiger partial charge in [-0.15, -0.1) is 11.3 Å². The predicted molar refractivity (Wildman–Crippen MR) is 96.8 cm³/mol. The normalized spacial score (nSPS) is 17.2. The molecule has 0 amide bonds. The Balaban J connectivity index is 1.50. The van der Waals surface area contributed by atoms with Gasteiger partial charge < -0.3 is 0 Å². The maximum atomic E-state index is 13.0. The molecule has 2 aromatic carbocycles. The van der Waals surface area contributed by atoms with Crippen LogP contribution >= 0.6 is 11.3 Å². The van der Waals surface area contributed by atoms with Crippen molar-refractivity contribution in [2.45, 2.75) is 23.7 Å². The summed E-state index contributed by atoms with van der Waals surface area (Å²) in [4.78, 5) is 4.85. The number of hydrogen-bond acceptors (Lipinski definition) is 4. The van der Waals surface area contributed by atoms with Crippen LogP contribution in [-0.2, 0) is 10.0 Å². The molecule has 0 radical (unpaired) electrons.